The maximum absolute atomic E-state index is 13.9. The fourth-order valence-electron chi connectivity index (χ4n) is 3.53. The number of H-pyrrole nitrogens is 1. The van der Waals surface area contributed by atoms with Crippen LogP contribution in [0.25, 0.3) is 0 Å². The molecule has 1 aromatic heterocycles. The lowest BCUT2D eigenvalue weighted by Gasteiger charge is -2.40. The SMILES string of the molecule is O=C(N1CC(OCc2ccc(C(F)(F)F)cc2F)C1)N1CCC(c2cn[nH]n2)C1. The summed E-state index contributed by atoms with van der Waals surface area (Å²) in [7, 11) is 0. The molecule has 1 unspecified atom stereocenters. The first-order valence-corrected chi connectivity index (χ1v) is 9.18. The number of aromatic nitrogens is 3. The third-order valence-corrected chi connectivity index (χ3v) is 5.28. The Morgan fingerprint density at radius 3 is 2.69 bits per heavy atom. The Labute approximate surface area is 163 Å². The predicted octanol–water partition coefficient (Wildman–Crippen LogP) is 2.77. The number of likely N-dealkylation sites (tertiary alicyclic amines) is 2. The third kappa shape index (κ3) is 4.19. The second-order valence-electron chi connectivity index (χ2n) is 7.25. The van der Waals surface area contributed by atoms with Crippen LogP contribution >= 0.6 is 0 Å². The number of nitrogens with zero attached hydrogens (tertiary/aromatic N) is 4. The maximum Gasteiger partial charge on any atom is 0.416 e. The Kier molecular flexibility index (Phi) is 5.15. The van der Waals surface area contributed by atoms with Gasteiger partial charge in [0, 0.05) is 24.6 Å². The molecule has 0 radical (unpaired) electrons. The van der Waals surface area contributed by atoms with E-state index in [2.05, 4.69) is 15.4 Å². The number of alkyl halides is 3. The minimum absolute atomic E-state index is 0.0535. The number of amides is 2. The average Bonchev–Trinajstić information content (AvgIpc) is 3.31. The second-order valence-corrected chi connectivity index (χ2v) is 7.25. The van der Waals surface area contributed by atoms with Gasteiger partial charge in [-0.2, -0.15) is 28.6 Å². The molecule has 4 rings (SSSR count). The van der Waals surface area contributed by atoms with Crippen molar-refractivity contribution in [1.82, 2.24) is 25.2 Å². The summed E-state index contributed by atoms with van der Waals surface area (Å²) in [6.45, 7) is 1.80. The normalized spacial score (nSPS) is 20.2. The van der Waals surface area contributed by atoms with Crippen LogP contribution in [0.4, 0.5) is 22.4 Å². The monoisotopic (exact) mass is 413 g/mol. The van der Waals surface area contributed by atoms with Crippen LogP contribution in [-0.4, -0.2) is 63.5 Å². The van der Waals surface area contributed by atoms with E-state index in [-0.39, 0.29) is 30.2 Å². The Morgan fingerprint density at radius 2 is 2.03 bits per heavy atom. The zero-order valence-corrected chi connectivity index (χ0v) is 15.3. The summed E-state index contributed by atoms with van der Waals surface area (Å²) >= 11 is 0. The number of ether oxygens (including phenoxy) is 1. The van der Waals surface area contributed by atoms with E-state index in [1.165, 1.54) is 0 Å². The van der Waals surface area contributed by atoms with Crippen molar-refractivity contribution in [3.63, 3.8) is 0 Å². The molecule has 2 aromatic rings. The van der Waals surface area contributed by atoms with E-state index >= 15 is 0 Å². The summed E-state index contributed by atoms with van der Waals surface area (Å²) in [5.41, 5.74) is -0.143. The first kappa shape index (κ1) is 19.6. The summed E-state index contributed by atoms with van der Waals surface area (Å²) in [4.78, 5) is 15.9. The number of carbonyl (C=O) groups excluding carboxylic acids is 1. The highest BCUT2D eigenvalue weighted by atomic mass is 19.4. The van der Waals surface area contributed by atoms with Crippen molar-refractivity contribution in [2.24, 2.45) is 0 Å². The van der Waals surface area contributed by atoms with Gasteiger partial charge in [0.15, 0.2) is 0 Å². The number of carbonyl (C=O) groups is 1. The highest BCUT2D eigenvalue weighted by Crippen LogP contribution is 2.31. The molecule has 0 bridgehead atoms. The van der Waals surface area contributed by atoms with Crippen LogP contribution in [-0.2, 0) is 17.5 Å². The number of hydrogen-bond acceptors (Lipinski definition) is 4. The van der Waals surface area contributed by atoms with E-state index in [4.69, 9.17) is 4.74 Å². The smallest absolute Gasteiger partial charge is 0.370 e. The Hall–Kier alpha value is -2.69. The molecule has 7 nitrogen and oxygen atoms in total. The lowest BCUT2D eigenvalue weighted by atomic mass is 10.1. The van der Waals surface area contributed by atoms with Gasteiger partial charge in [-0.3, -0.25) is 0 Å². The van der Waals surface area contributed by atoms with E-state index < -0.39 is 17.6 Å². The number of urea groups is 1. The molecule has 2 aliphatic rings. The van der Waals surface area contributed by atoms with E-state index in [9.17, 15) is 22.4 Å². The van der Waals surface area contributed by atoms with Gasteiger partial charge in [-0.25, -0.2) is 9.18 Å². The molecule has 3 heterocycles. The van der Waals surface area contributed by atoms with Crippen LogP contribution in [0.3, 0.4) is 0 Å². The fourth-order valence-corrected chi connectivity index (χ4v) is 3.53. The Morgan fingerprint density at radius 1 is 1.24 bits per heavy atom. The standard InChI is InChI=1S/C18H19F4N5O2/c19-15-5-13(18(20,21)22)2-1-12(15)10-29-14-8-27(9-14)17(28)26-4-3-11(7-26)16-6-23-25-24-16/h1-2,5-6,11,14H,3-4,7-10H2,(H,23,24,25). The molecule has 29 heavy (non-hydrogen) atoms. The van der Waals surface area contributed by atoms with Crippen LogP contribution < -0.4 is 0 Å². The van der Waals surface area contributed by atoms with Crippen molar-refractivity contribution in [2.75, 3.05) is 26.2 Å². The van der Waals surface area contributed by atoms with Gasteiger partial charge in [0.2, 0.25) is 0 Å². The molecule has 0 saturated carbocycles. The molecule has 2 saturated heterocycles. The second kappa shape index (κ2) is 7.62. The number of benzene rings is 1. The third-order valence-electron chi connectivity index (χ3n) is 5.28. The van der Waals surface area contributed by atoms with Gasteiger partial charge in [-0.05, 0) is 18.6 Å². The molecular formula is C18H19F4N5O2. The highest BCUT2D eigenvalue weighted by Gasteiger charge is 2.37. The number of aromatic amines is 1. The van der Waals surface area contributed by atoms with Crippen molar-refractivity contribution >= 4 is 6.03 Å². The summed E-state index contributed by atoms with van der Waals surface area (Å²) in [6.07, 6.45) is -2.38. The zero-order chi connectivity index (χ0) is 20.6. The minimum Gasteiger partial charge on any atom is -0.370 e. The lowest BCUT2D eigenvalue weighted by Crippen LogP contribution is -2.58. The molecule has 0 aliphatic carbocycles. The van der Waals surface area contributed by atoms with Crippen molar-refractivity contribution < 1.29 is 27.1 Å². The van der Waals surface area contributed by atoms with E-state index in [0.717, 1.165) is 24.2 Å². The zero-order valence-electron chi connectivity index (χ0n) is 15.3. The van der Waals surface area contributed by atoms with Crippen LogP contribution in [0, 0.1) is 5.82 Å². The fraction of sp³-hybridized carbons (Fsp3) is 0.500. The number of rotatable bonds is 4. The highest BCUT2D eigenvalue weighted by molar-refractivity contribution is 5.75. The quantitative estimate of drug-likeness (QED) is 0.783. The van der Waals surface area contributed by atoms with E-state index in [1.54, 1.807) is 16.0 Å². The van der Waals surface area contributed by atoms with E-state index in [0.29, 0.717) is 32.2 Å². The van der Waals surface area contributed by atoms with Crippen molar-refractivity contribution in [3.8, 4) is 0 Å². The van der Waals surface area contributed by atoms with Crippen molar-refractivity contribution in [2.45, 2.75) is 31.2 Å². The first-order chi connectivity index (χ1) is 13.8. The summed E-state index contributed by atoms with van der Waals surface area (Å²) in [5.74, 6) is -0.795. The van der Waals surface area contributed by atoms with Gasteiger partial charge < -0.3 is 14.5 Å². The lowest BCUT2D eigenvalue weighted by molar-refractivity contribution is -0.137. The number of nitrogens with one attached hydrogen (secondary N) is 1. The Bertz CT molecular complexity index is 868. The van der Waals surface area contributed by atoms with Crippen molar-refractivity contribution in [3.05, 3.63) is 47.0 Å². The molecule has 2 amide bonds. The van der Waals surface area contributed by atoms with Gasteiger partial charge in [0.05, 0.1) is 43.3 Å². The topological polar surface area (TPSA) is 74.3 Å². The van der Waals surface area contributed by atoms with Crippen LogP contribution in [0.5, 0.6) is 0 Å². The van der Waals surface area contributed by atoms with Gasteiger partial charge in [-0.15, -0.1) is 0 Å². The maximum atomic E-state index is 13.9. The minimum atomic E-state index is -4.59. The van der Waals surface area contributed by atoms with Gasteiger partial charge in [0.25, 0.3) is 0 Å². The molecular weight excluding hydrogens is 394 g/mol. The van der Waals surface area contributed by atoms with Crippen LogP contribution in [0.15, 0.2) is 24.4 Å². The van der Waals surface area contributed by atoms with E-state index in [1.807, 2.05) is 0 Å². The average molecular weight is 413 g/mol. The van der Waals surface area contributed by atoms with Gasteiger partial charge >= 0.3 is 12.2 Å². The number of hydrogen-bond donors (Lipinski definition) is 1. The Balaban J connectivity index is 1.23. The van der Waals surface area contributed by atoms with Gasteiger partial charge in [-0.1, -0.05) is 6.07 Å². The summed E-state index contributed by atoms with van der Waals surface area (Å²) in [6, 6.07) is 2.29. The molecule has 1 N–H and O–H groups in total. The molecule has 1 atom stereocenters. The van der Waals surface area contributed by atoms with Crippen LogP contribution in [0.2, 0.25) is 0 Å². The molecule has 0 spiro atoms. The largest absolute Gasteiger partial charge is 0.416 e. The molecule has 2 aliphatic heterocycles. The summed E-state index contributed by atoms with van der Waals surface area (Å²) in [5, 5.41) is 10.4. The summed E-state index contributed by atoms with van der Waals surface area (Å²) < 4.78 is 57.1. The first-order valence-electron chi connectivity index (χ1n) is 9.18. The van der Waals surface area contributed by atoms with Crippen LogP contribution in [0.1, 0.15) is 29.2 Å². The molecule has 156 valence electrons. The molecule has 1 aromatic carbocycles. The molecule has 2 fully saturated rings. The number of halogens is 4. The van der Waals surface area contributed by atoms with Gasteiger partial charge in [0.1, 0.15) is 5.82 Å². The predicted molar refractivity (Wildman–Crippen MR) is 92.3 cm³/mol. The van der Waals surface area contributed by atoms with Crippen molar-refractivity contribution in [1.29, 1.82) is 0 Å². The molecule has 11 heteroatoms.